The average Bonchev–Trinajstić information content (AvgIpc) is 3.18. The monoisotopic (exact) mass is 365 g/mol. The van der Waals surface area contributed by atoms with Crippen molar-refractivity contribution in [2.75, 3.05) is 6.61 Å². The van der Waals surface area contributed by atoms with E-state index in [1.165, 1.54) is 44.1 Å². The average molecular weight is 365 g/mol. The Hall–Kier alpha value is -2.23. The van der Waals surface area contributed by atoms with Crippen molar-refractivity contribution in [2.24, 2.45) is 17.8 Å². The van der Waals surface area contributed by atoms with E-state index >= 15 is 0 Å². The SMILES string of the molecule is O=C(COc1ccc(C23CC4CC(CC(C4)C2)C3)cc1)NCc1ccco1. The highest BCUT2D eigenvalue weighted by Gasteiger charge is 2.51. The lowest BCUT2D eigenvalue weighted by atomic mass is 9.48. The van der Waals surface area contributed by atoms with Crippen LogP contribution in [0.2, 0.25) is 0 Å². The third-order valence-electron chi connectivity index (χ3n) is 6.91. The molecular formula is C23H27NO3. The number of hydrogen-bond donors (Lipinski definition) is 1. The van der Waals surface area contributed by atoms with Crippen LogP contribution in [0.15, 0.2) is 47.1 Å². The molecule has 4 heteroatoms. The molecule has 0 radical (unpaired) electrons. The highest BCUT2D eigenvalue weighted by Crippen LogP contribution is 2.60. The quantitative estimate of drug-likeness (QED) is 0.823. The molecule has 4 bridgehead atoms. The van der Waals surface area contributed by atoms with E-state index in [1.807, 2.05) is 24.3 Å². The summed E-state index contributed by atoms with van der Waals surface area (Å²) in [4.78, 5) is 11.9. The molecule has 6 rings (SSSR count). The molecule has 27 heavy (non-hydrogen) atoms. The molecule has 0 saturated heterocycles. The van der Waals surface area contributed by atoms with Crippen LogP contribution >= 0.6 is 0 Å². The van der Waals surface area contributed by atoms with Crippen LogP contribution in [0.5, 0.6) is 5.75 Å². The Balaban J connectivity index is 1.18. The minimum atomic E-state index is -0.142. The first-order chi connectivity index (χ1) is 13.2. The fourth-order valence-electron chi connectivity index (χ4n) is 6.17. The van der Waals surface area contributed by atoms with Gasteiger partial charge in [-0.05, 0) is 91.5 Å². The summed E-state index contributed by atoms with van der Waals surface area (Å²) in [6, 6.07) is 12.2. The Morgan fingerprint density at radius 2 is 1.70 bits per heavy atom. The van der Waals surface area contributed by atoms with Crippen molar-refractivity contribution < 1.29 is 13.9 Å². The number of benzene rings is 1. The molecule has 1 aromatic carbocycles. The zero-order chi connectivity index (χ0) is 18.3. The minimum absolute atomic E-state index is 0.0252. The third-order valence-corrected chi connectivity index (χ3v) is 6.91. The van der Waals surface area contributed by atoms with Crippen molar-refractivity contribution in [1.82, 2.24) is 5.32 Å². The lowest BCUT2D eigenvalue weighted by molar-refractivity contribution is -0.123. The van der Waals surface area contributed by atoms with E-state index in [2.05, 4.69) is 17.4 Å². The molecule has 4 aliphatic carbocycles. The van der Waals surface area contributed by atoms with Crippen LogP contribution in [0.25, 0.3) is 0 Å². The van der Waals surface area contributed by atoms with Gasteiger partial charge >= 0.3 is 0 Å². The number of amides is 1. The van der Waals surface area contributed by atoms with Crippen LogP contribution in [-0.4, -0.2) is 12.5 Å². The van der Waals surface area contributed by atoms with Gasteiger partial charge in [-0.25, -0.2) is 0 Å². The number of ether oxygens (including phenoxy) is 1. The predicted molar refractivity (Wildman–Crippen MR) is 102 cm³/mol. The van der Waals surface area contributed by atoms with Crippen molar-refractivity contribution in [3.05, 3.63) is 54.0 Å². The van der Waals surface area contributed by atoms with Gasteiger partial charge in [0, 0.05) is 0 Å². The standard InChI is InChI=1S/C23H27NO3/c25-22(24-14-21-2-1-7-26-21)15-27-20-5-3-19(4-6-20)23-11-16-8-17(12-23)10-18(9-16)13-23/h1-7,16-18H,8-15H2,(H,24,25). The smallest absolute Gasteiger partial charge is 0.258 e. The number of rotatable bonds is 6. The molecule has 4 aliphatic rings. The van der Waals surface area contributed by atoms with Gasteiger partial charge in [0.25, 0.3) is 5.91 Å². The second-order valence-electron chi connectivity index (χ2n) is 8.87. The second-order valence-corrected chi connectivity index (χ2v) is 8.87. The first kappa shape index (κ1) is 16.9. The van der Waals surface area contributed by atoms with Gasteiger partial charge in [0.1, 0.15) is 11.5 Å². The van der Waals surface area contributed by atoms with E-state index in [1.54, 1.807) is 6.26 Å². The molecule has 0 spiro atoms. The maximum Gasteiger partial charge on any atom is 0.258 e. The third kappa shape index (κ3) is 3.38. The van der Waals surface area contributed by atoms with Crippen LogP contribution < -0.4 is 10.1 Å². The fourth-order valence-corrected chi connectivity index (χ4v) is 6.17. The molecule has 1 heterocycles. The largest absolute Gasteiger partial charge is 0.484 e. The highest BCUT2D eigenvalue weighted by molar-refractivity contribution is 5.77. The molecule has 142 valence electrons. The summed E-state index contributed by atoms with van der Waals surface area (Å²) in [7, 11) is 0. The topological polar surface area (TPSA) is 51.5 Å². The molecule has 4 nitrogen and oxygen atoms in total. The Morgan fingerprint density at radius 3 is 2.30 bits per heavy atom. The van der Waals surface area contributed by atoms with Gasteiger partial charge in [0.2, 0.25) is 0 Å². The number of carbonyl (C=O) groups excluding carboxylic acids is 1. The molecule has 1 aromatic heterocycles. The van der Waals surface area contributed by atoms with Crippen LogP contribution in [-0.2, 0) is 16.8 Å². The highest BCUT2D eigenvalue weighted by atomic mass is 16.5. The number of furan rings is 1. The van der Waals surface area contributed by atoms with E-state index < -0.39 is 0 Å². The van der Waals surface area contributed by atoms with Gasteiger partial charge in [-0.15, -0.1) is 0 Å². The van der Waals surface area contributed by atoms with E-state index in [-0.39, 0.29) is 12.5 Å². The van der Waals surface area contributed by atoms with Gasteiger partial charge in [-0.2, -0.15) is 0 Å². The number of carbonyl (C=O) groups is 1. The molecule has 2 aromatic rings. The van der Waals surface area contributed by atoms with Crippen molar-refractivity contribution in [2.45, 2.75) is 50.5 Å². The lowest BCUT2D eigenvalue weighted by Gasteiger charge is -2.57. The van der Waals surface area contributed by atoms with Gasteiger partial charge in [0.15, 0.2) is 6.61 Å². The summed E-state index contributed by atoms with van der Waals surface area (Å²) in [5, 5.41) is 2.80. The van der Waals surface area contributed by atoms with Crippen LogP contribution in [0, 0.1) is 17.8 Å². The summed E-state index contributed by atoms with van der Waals surface area (Å²) < 4.78 is 10.9. The molecule has 0 atom stereocenters. The van der Waals surface area contributed by atoms with Crippen molar-refractivity contribution >= 4 is 5.91 Å². The van der Waals surface area contributed by atoms with Gasteiger partial charge in [-0.1, -0.05) is 12.1 Å². The number of hydrogen-bond acceptors (Lipinski definition) is 3. The molecule has 1 N–H and O–H groups in total. The zero-order valence-corrected chi connectivity index (χ0v) is 15.7. The van der Waals surface area contributed by atoms with E-state index in [0.29, 0.717) is 12.0 Å². The zero-order valence-electron chi connectivity index (χ0n) is 15.7. The summed E-state index contributed by atoms with van der Waals surface area (Å²) in [5.41, 5.74) is 1.89. The Bertz CT molecular complexity index is 758. The molecule has 0 unspecified atom stereocenters. The lowest BCUT2D eigenvalue weighted by Crippen LogP contribution is -2.48. The van der Waals surface area contributed by atoms with E-state index in [9.17, 15) is 4.79 Å². The minimum Gasteiger partial charge on any atom is -0.484 e. The van der Waals surface area contributed by atoms with E-state index in [4.69, 9.17) is 9.15 Å². The molecule has 4 fully saturated rings. The van der Waals surface area contributed by atoms with Crippen molar-refractivity contribution in [3.8, 4) is 5.75 Å². The molecular weight excluding hydrogens is 338 g/mol. The van der Waals surface area contributed by atoms with Crippen molar-refractivity contribution in [1.29, 1.82) is 0 Å². The summed E-state index contributed by atoms with van der Waals surface area (Å²) in [5.74, 6) is 4.21. The van der Waals surface area contributed by atoms with Crippen LogP contribution in [0.4, 0.5) is 0 Å². The van der Waals surface area contributed by atoms with Gasteiger partial charge in [0.05, 0.1) is 12.8 Å². The van der Waals surface area contributed by atoms with E-state index in [0.717, 1.165) is 29.3 Å². The maximum absolute atomic E-state index is 11.9. The summed E-state index contributed by atoms with van der Waals surface area (Å²) in [6.07, 6.45) is 10.1. The second kappa shape index (κ2) is 6.74. The Kier molecular flexibility index (Phi) is 4.22. The molecule has 1 amide bonds. The summed E-state index contributed by atoms with van der Waals surface area (Å²) >= 11 is 0. The number of nitrogens with one attached hydrogen (secondary N) is 1. The first-order valence-electron chi connectivity index (χ1n) is 10.2. The Labute approximate surface area is 160 Å². The fraction of sp³-hybridized carbons (Fsp3) is 0.522. The molecule has 0 aliphatic heterocycles. The first-order valence-corrected chi connectivity index (χ1v) is 10.2. The predicted octanol–water partition coefficient (Wildman–Crippen LogP) is 4.44. The van der Waals surface area contributed by atoms with Gasteiger partial charge < -0.3 is 14.5 Å². The van der Waals surface area contributed by atoms with Crippen LogP contribution in [0.1, 0.15) is 49.8 Å². The molecule has 4 saturated carbocycles. The van der Waals surface area contributed by atoms with Gasteiger partial charge in [-0.3, -0.25) is 4.79 Å². The summed E-state index contributed by atoms with van der Waals surface area (Å²) in [6.45, 7) is 0.414. The van der Waals surface area contributed by atoms with Crippen molar-refractivity contribution in [3.63, 3.8) is 0 Å². The Morgan fingerprint density at radius 1 is 1.04 bits per heavy atom. The maximum atomic E-state index is 11.9. The normalized spacial score (nSPS) is 31.0. The van der Waals surface area contributed by atoms with Crippen LogP contribution in [0.3, 0.4) is 0 Å².